The van der Waals surface area contributed by atoms with Crippen LogP contribution in [0, 0.1) is 11.8 Å². The fourth-order valence-corrected chi connectivity index (χ4v) is 2.34. The van der Waals surface area contributed by atoms with Gasteiger partial charge in [-0.15, -0.1) is 0 Å². The summed E-state index contributed by atoms with van der Waals surface area (Å²) >= 11 is 0. The highest BCUT2D eigenvalue weighted by Gasteiger charge is 2.26. The molecule has 18 heavy (non-hydrogen) atoms. The zero-order valence-corrected chi connectivity index (χ0v) is 12.1. The van der Waals surface area contributed by atoms with Crippen LogP contribution in [0.2, 0.25) is 0 Å². The lowest BCUT2D eigenvalue weighted by molar-refractivity contribution is -0.122. The van der Waals surface area contributed by atoms with Crippen molar-refractivity contribution in [3.63, 3.8) is 0 Å². The molecule has 0 saturated heterocycles. The zero-order chi connectivity index (χ0) is 13.5. The molecule has 3 unspecified atom stereocenters. The van der Waals surface area contributed by atoms with Crippen LogP contribution in [0.25, 0.3) is 0 Å². The second kappa shape index (κ2) is 7.35. The molecule has 3 atom stereocenters. The fraction of sp³-hybridized carbons (Fsp3) is 0.588. The van der Waals surface area contributed by atoms with E-state index >= 15 is 0 Å². The molecule has 1 nitrogen and oxygen atoms in total. The predicted molar refractivity (Wildman–Crippen MR) is 77.7 cm³/mol. The average molecular weight is 246 g/mol. The van der Waals surface area contributed by atoms with Crippen LogP contribution in [-0.4, -0.2) is 5.78 Å². The van der Waals surface area contributed by atoms with Crippen molar-refractivity contribution >= 4 is 5.78 Å². The van der Waals surface area contributed by atoms with E-state index in [-0.39, 0.29) is 5.92 Å². The van der Waals surface area contributed by atoms with Gasteiger partial charge < -0.3 is 0 Å². The smallest absolute Gasteiger partial charge is 0.140 e. The normalized spacial score (nSPS) is 16.0. The van der Waals surface area contributed by atoms with E-state index in [9.17, 15) is 4.79 Å². The van der Waals surface area contributed by atoms with Crippen LogP contribution >= 0.6 is 0 Å². The third-order valence-corrected chi connectivity index (χ3v) is 3.97. The molecular formula is C17H26O. The number of ketones is 1. The van der Waals surface area contributed by atoms with Crippen molar-refractivity contribution in [2.24, 2.45) is 11.8 Å². The van der Waals surface area contributed by atoms with E-state index in [4.69, 9.17) is 0 Å². The van der Waals surface area contributed by atoms with Gasteiger partial charge in [0.05, 0.1) is 0 Å². The molecule has 1 heteroatoms. The van der Waals surface area contributed by atoms with Crippen molar-refractivity contribution < 1.29 is 4.79 Å². The number of carbonyl (C=O) groups excluding carboxylic acids is 1. The molecule has 0 heterocycles. The van der Waals surface area contributed by atoms with E-state index in [0.717, 1.165) is 12.8 Å². The minimum Gasteiger partial charge on any atom is -0.299 e. The fourth-order valence-electron chi connectivity index (χ4n) is 2.34. The van der Waals surface area contributed by atoms with Crippen LogP contribution in [0.15, 0.2) is 30.3 Å². The quantitative estimate of drug-likeness (QED) is 0.674. The van der Waals surface area contributed by atoms with Gasteiger partial charge in [0.1, 0.15) is 5.78 Å². The maximum Gasteiger partial charge on any atom is 0.140 e. The topological polar surface area (TPSA) is 17.1 Å². The Bertz CT molecular complexity index is 355. The van der Waals surface area contributed by atoms with E-state index < -0.39 is 0 Å². The van der Waals surface area contributed by atoms with Gasteiger partial charge in [0.2, 0.25) is 0 Å². The van der Waals surface area contributed by atoms with E-state index in [2.05, 4.69) is 39.8 Å². The molecule has 0 aliphatic rings. The molecule has 0 amide bonds. The standard InChI is InChI=1S/C17H26O/c1-5-13(3)12-16(18)17(14(4)6-2)15-10-8-7-9-11-15/h7-11,13-14,17H,5-6,12H2,1-4H3. The minimum absolute atomic E-state index is 0.0743. The molecule has 100 valence electrons. The number of benzene rings is 1. The van der Waals surface area contributed by atoms with E-state index in [0.29, 0.717) is 24.0 Å². The summed E-state index contributed by atoms with van der Waals surface area (Å²) in [6, 6.07) is 10.2. The highest BCUT2D eigenvalue weighted by molar-refractivity contribution is 5.86. The van der Waals surface area contributed by atoms with Crippen molar-refractivity contribution in [1.82, 2.24) is 0 Å². The Morgan fingerprint density at radius 1 is 1.06 bits per heavy atom. The second-order valence-corrected chi connectivity index (χ2v) is 5.46. The lowest BCUT2D eigenvalue weighted by atomic mass is 9.80. The third-order valence-electron chi connectivity index (χ3n) is 3.97. The number of rotatable bonds is 7. The van der Waals surface area contributed by atoms with Gasteiger partial charge in [0.25, 0.3) is 0 Å². The van der Waals surface area contributed by atoms with Crippen molar-refractivity contribution in [3.05, 3.63) is 35.9 Å². The van der Waals surface area contributed by atoms with Crippen molar-refractivity contribution in [3.8, 4) is 0 Å². The molecule has 1 rings (SSSR count). The molecule has 0 spiro atoms. The van der Waals surface area contributed by atoms with Gasteiger partial charge in [0, 0.05) is 12.3 Å². The molecular weight excluding hydrogens is 220 g/mol. The molecule has 0 saturated carbocycles. The molecule has 0 bridgehead atoms. The maximum atomic E-state index is 12.5. The first kappa shape index (κ1) is 14.9. The lowest BCUT2D eigenvalue weighted by Gasteiger charge is -2.23. The summed E-state index contributed by atoms with van der Waals surface area (Å²) in [7, 11) is 0. The molecule has 1 aromatic carbocycles. The summed E-state index contributed by atoms with van der Waals surface area (Å²) in [5.41, 5.74) is 1.18. The Kier molecular flexibility index (Phi) is 6.11. The number of Topliss-reactive ketones (excluding diaryl/α,β-unsaturated/α-hetero) is 1. The predicted octanol–water partition coefficient (Wildman–Crippen LogP) is 4.82. The molecule has 0 fully saturated rings. The molecule has 0 radical (unpaired) electrons. The van der Waals surface area contributed by atoms with Gasteiger partial charge in [-0.2, -0.15) is 0 Å². The maximum absolute atomic E-state index is 12.5. The zero-order valence-electron chi connectivity index (χ0n) is 12.1. The molecule has 0 N–H and O–H groups in total. The first-order chi connectivity index (χ1) is 8.60. The average Bonchev–Trinajstić information content (AvgIpc) is 2.39. The highest BCUT2D eigenvalue weighted by Crippen LogP contribution is 2.30. The van der Waals surface area contributed by atoms with E-state index in [1.165, 1.54) is 5.56 Å². The van der Waals surface area contributed by atoms with Gasteiger partial charge >= 0.3 is 0 Å². The minimum atomic E-state index is 0.0743. The van der Waals surface area contributed by atoms with Crippen LogP contribution < -0.4 is 0 Å². The Morgan fingerprint density at radius 3 is 2.17 bits per heavy atom. The largest absolute Gasteiger partial charge is 0.299 e. The van der Waals surface area contributed by atoms with Gasteiger partial charge in [-0.3, -0.25) is 4.79 Å². The number of hydrogen-bond donors (Lipinski definition) is 0. The first-order valence-corrected chi connectivity index (χ1v) is 7.17. The second-order valence-electron chi connectivity index (χ2n) is 5.46. The monoisotopic (exact) mass is 246 g/mol. The SMILES string of the molecule is CCC(C)CC(=O)C(c1ccccc1)C(C)CC. The summed E-state index contributed by atoms with van der Waals surface area (Å²) in [6.07, 6.45) is 2.83. The van der Waals surface area contributed by atoms with E-state index in [1.54, 1.807) is 0 Å². The molecule has 0 aliphatic heterocycles. The summed E-state index contributed by atoms with van der Waals surface area (Å²) in [5.74, 6) is 1.40. The van der Waals surface area contributed by atoms with Crippen molar-refractivity contribution in [1.29, 1.82) is 0 Å². The summed E-state index contributed by atoms with van der Waals surface area (Å²) in [5, 5.41) is 0. The summed E-state index contributed by atoms with van der Waals surface area (Å²) in [4.78, 5) is 12.5. The van der Waals surface area contributed by atoms with Crippen LogP contribution in [0.3, 0.4) is 0 Å². The Labute approximate surface area is 112 Å². The van der Waals surface area contributed by atoms with Gasteiger partial charge in [-0.25, -0.2) is 0 Å². The molecule has 0 aliphatic carbocycles. The molecule has 1 aromatic rings. The lowest BCUT2D eigenvalue weighted by Crippen LogP contribution is -2.21. The summed E-state index contributed by atoms with van der Waals surface area (Å²) in [6.45, 7) is 8.67. The van der Waals surface area contributed by atoms with Crippen LogP contribution in [-0.2, 0) is 4.79 Å². The first-order valence-electron chi connectivity index (χ1n) is 7.17. The molecule has 0 aromatic heterocycles. The summed E-state index contributed by atoms with van der Waals surface area (Å²) < 4.78 is 0. The van der Waals surface area contributed by atoms with Gasteiger partial charge in [-0.1, -0.05) is 70.9 Å². The van der Waals surface area contributed by atoms with Crippen LogP contribution in [0.1, 0.15) is 58.4 Å². The number of hydrogen-bond acceptors (Lipinski definition) is 1. The Hall–Kier alpha value is -1.11. The van der Waals surface area contributed by atoms with Crippen LogP contribution in [0.5, 0.6) is 0 Å². The van der Waals surface area contributed by atoms with Crippen LogP contribution in [0.4, 0.5) is 0 Å². The van der Waals surface area contributed by atoms with Crippen molar-refractivity contribution in [2.45, 2.75) is 52.9 Å². The highest BCUT2D eigenvalue weighted by atomic mass is 16.1. The van der Waals surface area contributed by atoms with Gasteiger partial charge in [-0.05, 0) is 17.4 Å². The van der Waals surface area contributed by atoms with Crippen molar-refractivity contribution in [2.75, 3.05) is 0 Å². The Balaban J connectivity index is 2.89. The van der Waals surface area contributed by atoms with E-state index in [1.807, 2.05) is 18.2 Å². The number of carbonyl (C=O) groups is 1. The third kappa shape index (κ3) is 3.97. The Morgan fingerprint density at radius 2 is 1.67 bits per heavy atom. The van der Waals surface area contributed by atoms with Gasteiger partial charge in [0.15, 0.2) is 0 Å².